The van der Waals surface area contributed by atoms with E-state index in [1.807, 2.05) is 19.1 Å². The van der Waals surface area contributed by atoms with Gasteiger partial charge >= 0.3 is 0 Å². The van der Waals surface area contributed by atoms with Crippen LogP contribution in [0.1, 0.15) is 13.3 Å². The van der Waals surface area contributed by atoms with E-state index in [1.54, 1.807) is 23.1 Å². The molecule has 1 aliphatic heterocycles. The molecule has 1 aliphatic rings. The number of aromatic nitrogens is 1. The molecule has 0 radical (unpaired) electrons. The first-order chi connectivity index (χ1) is 12.1. The Morgan fingerprint density at radius 1 is 1.36 bits per heavy atom. The number of nitrogens with zero attached hydrogens (tertiary/aromatic N) is 2. The number of ether oxygens (including phenoxy) is 1. The molecule has 1 aromatic carbocycles. The molecule has 2 amide bonds. The molecule has 0 saturated carbocycles. The first kappa shape index (κ1) is 16.8. The summed E-state index contributed by atoms with van der Waals surface area (Å²) in [4.78, 5) is 30.3. The van der Waals surface area contributed by atoms with Crippen LogP contribution in [-0.4, -0.2) is 35.1 Å². The second kappa shape index (κ2) is 7.21. The fraction of sp³-hybridized carbons (Fsp3) is 0.278. The highest BCUT2D eigenvalue weighted by Gasteiger charge is 2.36. The molecule has 1 saturated heterocycles. The molecular formula is C18H19N3O4. The van der Waals surface area contributed by atoms with Crippen molar-refractivity contribution in [2.45, 2.75) is 13.3 Å². The number of anilines is 2. The highest BCUT2D eigenvalue weighted by molar-refractivity contribution is 6.04. The van der Waals surface area contributed by atoms with Gasteiger partial charge in [-0.1, -0.05) is 12.1 Å². The Labute approximate surface area is 145 Å². The second-order valence-corrected chi connectivity index (χ2v) is 5.67. The zero-order valence-electron chi connectivity index (χ0n) is 13.8. The Morgan fingerprint density at radius 2 is 2.16 bits per heavy atom. The van der Waals surface area contributed by atoms with Gasteiger partial charge in [-0.05, 0) is 31.2 Å². The predicted octanol–water partition coefficient (Wildman–Crippen LogP) is 2.18. The van der Waals surface area contributed by atoms with Gasteiger partial charge in [-0.3, -0.25) is 9.59 Å². The highest BCUT2D eigenvalue weighted by atomic mass is 16.5. The molecule has 0 unspecified atom stereocenters. The van der Waals surface area contributed by atoms with E-state index in [0.717, 1.165) is 0 Å². The monoisotopic (exact) mass is 341 g/mol. The molecule has 0 spiro atoms. The lowest BCUT2D eigenvalue weighted by atomic mass is 10.1. The summed E-state index contributed by atoms with van der Waals surface area (Å²) in [6, 6.07) is 10.3. The SMILES string of the molecule is CCOc1ccccc1N1C[C@@H](C(=O)Nc2ncccc2O)CC1=O. The zero-order chi connectivity index (χ0) is 17.8. The molecule has 7 nitrogen and oxygen atoms in total. The zero-order valence-corrected chi connectivity index (χ0v) is 13.8. The van der Waals surface area contributed by atoms with Crippen LogP contribution in [-0.2, 0) is 9.59 Å². The molecule has 2 aromatic rings. The second-order valence-electron chi connectivity index (χ2n) is 5.67. The molecule has 2 heterocycles. The van der Waals surface area contributed by atoms with E-state index < -0.39 is 5.92 Å². The Balaban J connectivity index is 1.74. The lowest BCUT2D eigenvalue weighted by molar-refractivity contribution is -0.122. The smallest absolute Gasteiger partial charge is 0.231 e. The Kier molecular flexibility index (Phi) is 4.83. The molecule has 3 rings (SSSR count). The van der Waals surface area contributed by atoms with Crippen LogP contribution in [0.15, 0.2) is 42.6 Å². The fourth-order valence-corrected chi connectivity index (χ4v) is 2.79. The van der Waals surface area contributed by atoms with E-state index >= 15 is 0 Å². The number of benzene rings is 1. The van der Waals surface area contributed by atoms with Crippen molar-refractivity contribution >= 4 is 23.3 Å². The molecule has 0 aliphatic carbocycles. The summed E-state index contributed by atoms with van der Waals surface area (Å²) in [6.07, 6.45) is 1.57. The van der Waals surface area contributed by atoms with Gasteiger partial charge in [0.1, 0.15) is 5.75 Å². The van der Waals surface area contributed by atoms with Gasteiger partial charge in [0.25, 0.3) is 0 Å². The standard InChI is InChI=1S/C18H19N3O4/c1-2-25-15-8-4-3-6-13(15)21-11-12(10-16(21)23)18(24)20-17-14(22)7-5-9-19-17/h3-9,12,22H,2,10-11H2,1H3,(H,19,20,24)/t12-/m0/s1. The average Bonchev–Trinajstić information content (AvgIpc) is 2.99. The topological polar surface area (TPSA) is 91.8 Å². The number of rotatable bonds is 5. The van der Waals surface area contributed by atoms with Gasteiger partial charge < -0.3 is 20.1 Å². The highest BCUT2D eigenvalue weighted by Crippen LogP contribution is 2.33. The molecule has 2 N–H and O–H groups in total. The van der Waals surface area contributed by atoms with Crippen molar-refractivity contribution in [1.82, 2.24) is 4.98 Å². The molecular weight excluding hydrogens is 322 g/mol. The minimum atomic E-state index is -0.524. The molecule has 130 valence electrons. The van der Waals surface area contributed by atoms with E-state index in [1.165, 1.54) is 12.3 Å². The van der Waals surface area contributed by atoms with Crippen molar-refractivity contribution < 1.29 is 19.4 Å². The van der Waals surface area contributed by atoms with E-state index in [4.69, 9.17) is 4.74 Å². The van der Waals surface area contributed by atoms with Crippen molar-refractivity contribution in [2.75, 3.05) is 23.4 Å². The van der Waals surface area contributed by atoms with Crippen molar-refractivity contribution in [1.29, 1.82) is 0 Å². The number of hydrogen-bond acceptors (Lipinski definition) is 5. The van der Waals surface area contributed by atoms with Crippen molar-refractivity contribution in [2.24, 2.45) is 5.92 Å². The summed E-state index contributed by atoms with van der Waals surface area (Å²) >= 11 is 0. The van der Waals surface area contributed by atoms with Crippen LogP contribution < -0.4 is 15.0 Å². The van der Waals surface area contributed by atoms with Crippen molar-refractivity contribution in [3.63, 3.8) is 0 Å². The number of nitrogens with one attached hydrogen (secondary N) is 1. The van der Waals surface area contributed by atoms with Gasteiger partial charge in [0.2, 0.25) is 11.8 Å². The maximum Gasteiger partial charge on any atom is 0.231 e. The summed E-state index contributed by atoms with van der Waals surface area (Å²) < 4.78 is 5.57. The lowest BCUT2D eigenvalue weighted by Gasteiger charge is -2.20. The first-order valence-electron chi connectivity index (χ1n) is 8.07. The quantitative estimate of drug-likeness (QED) is 0.870. The molecule has 1 aromatic heterocycles. The van der Waals surface area contributed by atoms with Crippen LogP contribution in [0.3, 0.4) is 0 Å². The number of carbonyl (C=O) groups excluding carboxylic acids is 2. The van der Waals surface area contributed by atoms with Gasteiger partial charge in [-0.25, -0.2) is 4.98 Å². The first-order valence-corrected chi connectivity index (χ1v) is 8.07. The minimum absolute atomic E-state index is 0.0908. The maximum absolute atomic E-state index is 12.4. The average molecular weight is 341 g/mol. The third kappa shape index (κ3) is 3.55. The summed E-state index contributed by atoms with van der Waals surface area (Å²) in [7, 11) is 0. The van der Waals surface area contributed by atoms with Gasteiger partial charge in [0, 0.05) is 19.2 Å². The summed E-state index contributed by atoms with van der Waals surface area (Å²) in [5, 5.41) is 12.3. The number of carbonyl (C=O) groups is 2. The normalized spacial score (nSPS) is 16.8. The summed E-state index contributed by atoms with van der Waals surface area (Å²) in [5.41, 5.74) is 0.658. The summed E-state index contributed by atoms with van der Waals surface area (Å²) in [5.74, 6) is -0.423. The Bertz CT molecular complexity index is 793. The Hall–Kier alpha value is -3.09. The molecule has 7 heteroatoms. The third-order valence-corrected chi connectivity index (χ3v) is 3.98. The van der Waals surface area contributed by atoms with Crippen LogP contribution in [0.2, 0.25) is 0 Å². The third-order valence-electron chi connectivity index (χ3n) is 3.98. The van der Waals surface area contributed by atoms with E-state index in [-0.39, 0.29) is 36.3 Å². The van der Waals surface area contributed by atoms with Crippen molar-refractivity contribution in [3.05, 3.63) is 42.6 Å². The number of para-hydroxylation sites is 2. The van der Waals surface area contributed by atoms with Crippen LogP contribution >= 0.6 is 0 Å². The van der Waals surface area contributed by atoms with Gasteiger partial charge in [0.05, 0.1) is 18.2 Å². The molecule has 0 bridgehead atoms. The van der Waals surface area contributed by atoms with Crippen LogP contribution in [0, 0.1) is 5.92 Å². The molecule has 1 atom stereocenters. The number of amides is 2. The van der Waals surface area contributed by atoms with Gasteiger partial charge in [-0.2, -0.15) is 0 Å². The molecule has 1 fully saturated rings. The number of pyridine rings is 1. The lowest BCUT2D eigenvalue weighted by Crippen LogP contribution is -2.28. The maximum atomic E-state index is 12.4. The predicted molar refractivity (Wildman–Crippen MR) is 92.6 cm³/mol. The van der Waals surface area contributed by atoms with Crippen LogP contribution in [0.4, 0.5) is 11.5 Å². The Morgan fingerprint density at radius 3 is 2.92 bits per heavy atom. The van der Waals surface area contributed by atoms with Crippen molar-refractivity contribution in [3.8, 4) is 11.5 Å². The van der Waals surface area contributed by atoms with Gasteiger partial charge in [-0.15, -0.1) is 0 Å². The van der Waals surface area contributed by atoms with E-state index in [0.29, 0.717) is 18.0 Å². The summed E-state index contributed by atoms with van der Waals surface area (Å²) in [6.45, 7) is 2.61. The van der Waals surface area contributed by atoms with Gasteiger partial charge in [0.15, 0.2) is 11.6 Å². The van der Waals surface area contributed by atoms with Crippen LogP contribution in [0.5, 0.6) is 11.5 Å². The van der Waals surface area contributed by atoms with E-state index in [9.17, 15) is 14.7 Å². The van der Waals surface area contributed by atoms with E-state index in [2.05, 4.69) is 10.3 Å². The number of aromatic hydroxyl groups is 1. The van der Waals surface area contributed by atoms with Crippen LogP contribution in [0.25, 0.3) is 0 Å². The largest absolute Gasteiger partial charge is 0.504 e. The fourth-order valence-electron chi connectivity index (χ4n) is 2.79. The minimum Gasteiger partial charge on any atom is -0.504 e. The number of hydrogen-bond donors (Lipinski definition) is 2. The molecule has 25 heavy (non-hydrogen) atoms.